The van der Waals surface area contributed by atoms with Gasteiger partial charge in [-0.1, -0.05) is 30.3 Å². The predicted molar refractivity (Wildman–Crippen MR) is 120 cm³/mol. The first-order chi connectivity index (χ1) is 14.7. The highest BCUT2D eigenvalue weighted by molar-refractivity contribution is 5.68. The van der Waals surface area contributed by atoms with Crippen molar-refractivity contribution in [2.45, 2.75) is 58.3 Å². The highest BCUT2D eigenvalue weighted by Crippen LogP contribution is 2.24. The molecule has 1 unspecified atom stereocenters. The van der Waals surface area contributed by atoms with E-state index in [0.29, 0.717) is 12.8 Å². The quantitative estimate of drug-likeness (QED) is 0.534. The van der Waals surface area contributed by atoms with Crippen LogP contribution in [0.5, 0.6) is 0 Å². The van der Waals surface area contributed by atoms with Crippen molar-refractivity contribution in [2.24, 2.45) is 0 Å². The van der Waals surface area contributed by atoms with E-state index >= 15 is 0 Å². The second kappa shape index (κ2) is 9.49. The average molecular weight is 426 g/mol. The Morgan fingerprint density at radius 3 is 2.55 bits per heavy atom. The maximum Gasteiger partial charge on any atom is 0.407 e. The number of benzene rings is 1. The normalized spacial score (nSPS) is 13.7. The highest BCUT2D eigenvalue weighted by atomic mass is 16.6. The Kier molecular flexibility index (Phi) is 6.97. The number of alkyl carbamates (subject to hydrolysis) is 1. The van der Waals surface area contributed by atoms with Crippen molar-refractivity contribution in [3.63, 3.8) is 0 Å². The van der Waals surface area contributed by atoms with Gasteiger partial charge in [0.15, 0.2) is 0 Å². The Morgan fingerprint density at radius 2 is 1.94 bits per heavy atom. The lowest BCUT2D eigenvalue weighted by Crippen LogP contribution is -2.40. The lowest BCUT2D eigenvalue weighted by molar-refractivity contribution is 0.0497. The summed E-state index contributed by atoms with van der Waals surface area (Å²) in [6.07, 6.45) is 3.79. The molecule has 3 rings (SSSR count). The van der Waals surface area contributed by atoms with Gasteiger partial charge in [0.25, 0.3) is 0 Å². The number of hydrogen-bond donors (Lipinski definition) is 3. The number of aliphatic hydroxyl groups is 2. The van der Waals surface area contributed by atoms with Crippen molar-refractivity contribution < 1.29 is 19.7 Å². The Hall–Kier alpha value is -2.90. The Labute approximate surface area is 182 Å². The molecule has 0 saturated carbocycles. The summed E-state index contributed by atoms with van der Waals surface area (Å²) in [6, 6.07) is 11.5. The molecule has 0 aliphatic rings. The first-order valence-electron chi connectivity index (χ1n) is 10.5. The van der Waals surface area contributed by atoms with Gasteiger partial charge in [-0.25, -0.2) is 9.78 Å². The number of rotatable bonds is 7. The topological polar surface area (TPSA) is 96.1 Å². The highest BCUT2D eigenvalue weighted by Gasteiger charge is 2.20. The van der Waals surface area contributed by atoms with E-state index < -0.39 is 17.8 Å². The minimum absolute atomic E-state index is 0.0224. The second-order valence-corrected chi connectivity index (χ2v) is 8.75. The van der Waals surface area contributed by atoms with E-state index in [2.05, 4.69) is 5.32 Å². The molecule has 7 heteroatoms. The van der Waals surface area contributed by atoms with Crippen molar-refractivity contribution in [3.05, 3.63) is 59.9 Å². The number of carbonyl (C=O) groups excluding carboxylic acids is 1. The zero-order valence-corrected chi connectivity index (χ0v) is 18.5. The van der Waals surface area contributed by atoms with Crippen molar-refractivity contribution >= 4 is 11.7 Å². The van der Waals surface area contributed by atoms with E-state index in [1.165, 1.54) is 0 Å². The second-order valence-electron chi connectivity index (χ2n) is 8.75. The van der Waals surface area contributed by atoms with Gasteiger partial charge in [-0.15, -0.1) is 0 Å². The fraction of sp³-hybridized carbons (Fsp3) is 0.417. The number of aliphatic hydroxyl groups excluding tert-OH is 2. The molecule has 3 N–H and O–H groups in total. The molecule has 0 bridgehead atoms. The zero-order chi connectivity index (χ0) is 22.6. The largest absolute Gasteiger partial charge is 0.444 e. The number of carbonyl (C=O) groups is 1. The van der Waals surface area contributed by atoms with Crippen LogP contribution in [0.3, 0.4) is 0 Å². The third kappa shape index (κ3) is 6.06. The Bertz CT molecular complexity index is 1020. The van der Waals surface area contributed by atoms with E-state index in [-0.39, 0.29) is 12.6 Å². The first-order valence-corrected chi connectivity index (χ1v) is 10.5. The van der Waals surface area contributed by atoms with Crippen molar-refractivity contribution in [1.82, 2.24) is 14.7 Å². The van der Waals surface area contributed by atoms with Crippen LogP contribution in [0.1, 0.15) is 51.3 Å². The van der Waals surface area contributed by atoms with Gasteiger partial charge in [0, 0.05) is 36.2 Å². The molecule has 2 atom stereocenters. The zero-order valence-electron chi connectivity index (χ0n) is 18.5. The molecule has 7 nitrogen and oxygen atoms in total. The molecule has 2 heterocycles. The standard InChI is InChI=1S/C24H31N3O4/c1-16(29)20-6-5-12-27-15-21(26-22(20)27)18-9-7-17(8-10-18)14-19(11-13-28)25-23(30)31-24(2,3)4/h5-10,12,15-16,19,28-29H,11,13-14H2,1-4H3,(H,25,30)/t16?,19-/m1/s1. The van der Waals surface area contributed by atoms with Crippen LogP contribution in [0, 0.1) is 0 Å². The van der Waals surface area contributed by atoms with Crippen LogP contribution in [-0.4, -0.2) is 43.9 Å². The summed E-state index contributed by atoms with van der Waals surface area (Å²) in [6.45, 7) is 7.15. The summed E-state index contributed by atoms with van der Waals surface area (Å²) < 4.78 is 7.23. The number of aromatic nitrogens is 2. The number of fused-ring (bicyclic) bond motifs is 1. The molecular weight excluding hydrogens is 394 g/mol. The number of amides is 1. The van der Waals surface area contributed by atoms with Crippen molar-refractivity contribution in [1.29, 1.82) is 0 Å². The molecule has 0 aliphatic heterocycles. The van der Waals surface area contributed by atoms with Gasteiger partial charge in [0.2, 0.25) is 0 Å². The van der Waals surface area contributed by atoms with E-state index in [9.17, 15) is 15.0 Å². The third-order valence-corrected chi connectivity index (χ3v) is 4.89. The fourth-order valence-electron chi connectivity index (χ4n) is 3.45. The average Bonchev–Trinajstić information content (AvgIpc) is 3.11. The fourth-order valence-corrected chi connectivity index (χ4v) is 3.45. The number of hydrogen-bond acceptors (Lipinski definition) is 5. The summed E-state index contributed by atoms with van der Waals surface area (Å²) >= 11 is 0. The molecular formula is C24H31N3O4. The van der Waals surface area contributed by atoms with Gasteiger partial charge in [-0.05, 0) is 52.2 Å². The van der Waals surface area contributed by atoms with Crippen LogP contribution in [0.4, 0.5) is 4.79 Å². The van der Waals surface area contributed by atoms with Gasteiger partial charge in [-0.2, -0.15) is 0 Å². The van der Waals surface area contributed by atoms with Crippen molar-refractivity contribution in [2.75, 3.05) is 6.61 Å². The van der Waals surface area contributed by atoms with Gasteiger partial charge < -0.3 is 24.7 Å². The van der Waals surface area contributed by atoms with Gasteiger partial charge in [0.1, 0.15) is 11.2 Å². The number of pyridine rings is 1. The van der Waals surface area contributed by atoms with Crippen LogP contribution in [0.2, 0.25) is 0 Å². The lowest BCUT2D eigenvalue weighted by Gasteiger charge is -2.23. The molecule has 2 aromatic heterocycles. The first kappa shape index (κ1) is 22.8. The molecule has 0 spiro atoms. The molecule has 166 valence electrons. The molecule has 3 aromatic rings. The van der Waals surface area contributed by atoms with Gasteiger partial charge >= 0.3 is 6.09 Å². The van der Waals surface area contributed by atoms with Crippen LogP contribution in [0.25, 0.3) is 16.9 Å². The summed E-state index contributed by atoms with van der Waals surface area (Å²) in [4.78, 5) is 16.8. The summed E-state index contributed by atoms with van der Waals surface area (Å²) in [5.41, 5.74) is 3.76. The van der Waals surface area contributed by atoms with E-state index in [1.807, 2.05) is 74.0 Å². The summed E-state index contributed by atoms with van der Waals surface area (Å²) in [5.74, 6) is 0. The van der Waals surface area contributed by atoms with Gasteiger partial charge in [-0.3, -0.25) is 0 Å². The maximum atomic E-state index is 12.1. The molecule has 0 aliphatic carbocycles. The van der Waals surface area contributed by atoms with Crippen LogP contribution >= 0.6 is 0 Å². The number of nitrogens with one attached hydrogen (secondary N) is 1. The molecule has 1 aromatic carbocycles. The SMILES string of the molecule is CC(O)c1cccn2cc(-c3ccc(C[C@@H](CCO)NC(=O)OC(C)(C)C)cc3)nc12. The van der Waals surface area contributed by atoms with E-state index in [0.717, 1.165) is 28.0 Å². The molecule has 0 radical (unpaired) electrons. The molecule has 0 fully saturated rings. The van der Waals surface area contributed by atoms with Gasteiger partial charge in [0.05, 0.1) is 11.8 Å². The minimum Gasteiger partial charge on any atom is -0.444 e. The lowest BCUT2D eigenvalue weighted by atomic mass is 10.0. The maximum absolute atomic E-state index is 12.1. The van der Waals surface area contributed by atoms with Crippen molar-refractivity contribution in [3.8, 4) is 11.3 Å². The number of ether oxygens (including phenoxy) is 1. The summed E-state index contributed by atoms with van der Waals surface area (Å²) in [5, 5.41) is 22.2. The predicted octanol–water partition coefficient (Wildman–Crippen LogP) is 3.87. The minimum atomic E-state index is -0.595. The number of nitrogens with zero attached hydrogens (tertiary/aromatic N) is 2. The Morgan fingerprint density at radius 1 is 1.23 bits per heavy atom. The third-order valence-electron chi connectivity index (χ3n) is 4.89. The van der Waals surface area contributed by atoms with E-state index in [4.69, 9.17) is 9.72 Å². The molecule has 31 heavy (non-hydrogen) atoms. The van der Waals surface area contributed by atoms with Crippen LogP contribution in [-0.2, 0) is 11.2 Å². The monoisotopic (exact) mass is 425 g/mol. The Balaban J connectivity index is 1.74. The van der Waals surface area contributed by atoms with Crippen LogP contribution in [0.15, 0.2) is 48.8 Å². The van der Waals surface area contributed by atoms with E-state index in [1.54, 1.807) is 6.92 Å². The molecule has 0 saturated heterocycles. The van der Waals surface area contributed by atoms with Crippen LogP contribution < -0.4 is 5.32 Å². The summed E-state index contributed by atoms with van der Waals surface area (Å²) in [7, 11) is 0. The smallest absolute Gasteiger partial charge is 0.407 e. The number of imidazole rings is 1. The molecule has 1 amide bonds.